The lowest BCUT2D eigenvalue weighted by molar-refractivity contribution is 0.0976. The molecular weight excluding hydrogens is 406 g/mol. The van der Waals surface area contributed by atoms with Crippen LogP contribution in [0.25, 0.3) is 5.65 Å². The number of halogens is 1. The fourth-order valence-corrected chi connectivity index (χ4v) is 5.24. The van der Waals surface area contributed by atoms with Crippen molar-refractivity contribution in [3.63, 3.8) is 0 Å². The number of allylic oxidation sites excluding steroid dienone is 2. The predicted octanol–water partition coefficient (Wildman–Crippen LogP) is 5.77. The minimum Gasteiger partial charge on any atom is -0.371 e. The van der Waals surface area contributed by atoms with Crippen molar-refractivity contribution in [3.05, 3.63) is 76.7 Å². The van der Waals surface area contributed by atoms with Gasteiger partial charge >= 0.3 is 0 Å². The molecule has 1 fully saturated rings. The first-order valence-electron chi connectivity index (χ1n) is 11.3. The van der Waals surface area contributed by atoms with Gasteiger partial charge in [-0.3, -0.25) is 9.20 Å². The van der Waals surface area contributed by atoms with Gasteiger partial charge in [0, 0.05) is 42.5 Å². The second-order valence-corrected chi connectivity index (χ2v) is 9.23. The third-order valence-corrected chi connectivity index (χ3v) is 7.06. The highest BCUT2D eigenvalue weighted by Crippen LogP contribution is 2.35. The number of hydrogen-bond acceptors (Lipinski definition) is 3. The number of aromatic nitrogens is 2. The Bertz CT molecular complexity index is 1120. The van der Waals surface area contributed by atoms with Gasteiger partial charge in [0.1, 0.15) is 11.3 Å². The summed E-state index contributed by atoms with van der Waals surface area (Å²) >= 11 is 6.09. The maximum absolute atomic E-state index is 13.1. The molecule has 0 radical (unpaired) electrons. The molecule has 2 unspecified atom stereocenters. The Labute approximate surface area is 188 Å². The van der Waals surface area contributed by atoms with E-state index in [9.17, 15) is 4.79 Å². The zero-order chi connectivity index (χ0) is 21.4. The first kappa shape index (κ1) is 20.3. The summed E-state index contributed by atoms with van der Waals surface area (Å²) in [5.74, 6) is 1.73. The lowest BCUT2D eigenvalue weighted by Crippen LogP contribution is -2.19. The van der Waals surface area contributed by atoms with Gasteiger partial charge in [0.05, 0.1) is 5.69 Å². The van der Waals surface area contributed by atoms with Gasteiger partial charge in [-0.2, -0.15) is 0 Å². The fraction of sp³-hybridized carbons (Fsp3) is 0.385. The SMILES string of the molecule is CCc1nc2cc(Cl)ccn2c1C(=O)CCc1ccc(N2CC3CC=CCC3C2)cc1. The van der Waals surface area contributed by atoms with Crippen molar-refractivity contribution < 1.29 is 4.79 Å². The quantitative estimate of drug-likeness (QED) is 0.366. The molecule has 2 atom stereocenters. The molecule has 1 aromatic carbocycles. The number of nitrogens with zero attached hydrogens (tertiary/aromatic N) is 3. The molecule has 160 valence electrons. The predicted molar refractivity (Wildman–Crippen MR) is 126 cm³/mol. The van der Waals surface area contributed by atoms with Crippen molar-refractivity contribution in [2.45, 2.75) is 39.0 Å². The maximum atomic E-state index is 13.1. The molecule has 4 nitrogen and oxygen atoms in total. The van der Waals surface area contributed by atoms with Crippen LogP contribution in [0.1, 0.15) is 47.9 Å². The molecule has 1 saturated heterocycles. The van der Waals surface area contributed by atoms with Gasteiger partial charge in [-0.1, -0.05) is 42.8 Å². The van der Waals surface area contributed by atoms with Crippen LogP contribution in [0.2, 0.25) is 5.02 Å². The summed E-state index contributed by atoms with van der Waals surface area (Å²) in [6, 6.07) is 12.4. The van der Waals surface area contributed by atoms with E-state index in [1.54, 1.807) is 12.1 Å². The first-order chi connectivity index (χ1) is 15.1. The monoisotopic (exact) mass is 433 g/mol. The number of benzene rings is 1. The van der Waals surface area contributed by atoms with Gasteiger partial charge in [0.25, 0.3) is 0 Å². The van der Waals surface area contributed by atoms with Gasteiger partial charge in [-0.25, -0.2) is 4.98 Å². The van der Waals surface area contributed by atoms with Crippen LogP contribution in [0, 0.1) is 11.8 Å². The van der Waals surface area contributed by atoms with Gasteiger partial charge in [-0.05, 0) is 61.3 Å². The van der Waals surface area contributed by atoms with Crippen LogP contribution < -0.4 is 4.90 Å². The van der Waals surface area contributed by atoms with E-state index in [0.29, 0.717) is 17.1 Å². The van der Waals surface area contributed by atoms with Crippen LogP contribution in [-0.2, 0) is 12.8 Å². The molecule has 3 aromatic rings. The first-order valence-corrected chi connectivity index (χ1v) is 11.7. The molecule has 0 bridgehead atoms. The third kappa shape index (κ3) is 4.01. The smallest absolute Gasteiger partial charge is 0.181 e. The van der Waals surface area contributed by atoms with E-state index in [2.05, 4.69) is 46.3 Å². The van der Waals surface area contributed by atoms with Crippen molar-refractivity contribution >= 4 is 28.7 Å². The minimum absolute atomic E-state index is 0.131. The Morgan fingerprint density at radius 2 is 1.81 bits per heavy atom. The van der Waals surface area contributed by atoms with Crippen LogP contribution in [0.5, 0.6) is 0 Å². The normalized spacial score (nSPS) is 20.4. The summed E-state index contributed by atoms with van der Waals surface area (Å²) in [6.45, 7) is 4.35. The highest BCUT2D eigenvalue weighted by molar-refractivity contribution is 6.30. The standard InChI is InChI=1S/C26H28ClN3O/c1-2-23-26(30-14-13-21(27)15-25(30)28-23)24(31)12-9-18-7-10-22(11-8-18)29-16-19-5-3-4-6-20(19)17-29/h3-4,7-8,10-11,13-15,19-20H,2,5-6,9,12,16-17H2,1H3. The van der Waals surface area contributed by atoms with E-state index in [-0.39, 0.29) is 5.78 Å². The largest absolute Gasteiger partial charge is 0.371 e. The average Bonchev–Trinajstić information content (AvgIpc) is 3.38. The number of anilines is 1. The number of pyridine rings is 1. The van der Waals surface area contributed by atoms with E-state index in [4.69, 9.17) is 11.6 Å². The molecule has 0 amide bonds. The van der Waals surface area contributed by atoms with E-state index in [1.807, 2.05) is 17.5 Å². The number of aryl methyl sites for hydroxylation is 2. The number of carbonyl (C=O) groups excluding carboxylic acids is 1. The molecule has 1 aliphatic carbocycles. The highest BCUT2D eigenvalue weighted by atomic mass is 35.5. The van der Waals surface area contributed by atoms with E-state index >= 15 is 0 Å². The van der Waals surface area contributed by atoms with Crippen LogP contribution in [-0.4, -0.2) is 28.3 Å². The molecule has 0 spiro atoms. The molecule has 2 aromatic heterocycles. The van der Waals surface area contributed by atoms with Gasteiger partial charge < -0.3 is 4.90 Å². The molecule has 0 N–H and O–H groups in total. The van der Waals surface area contributed by atoms with E-state index in [0.717, 1.165) is 49.1 Å². The van der Waals surface area contributed by atoms with E-state index < -0.39 is 0 Å². The second kappa shape index (κ2) is 8.51. The fourth-order valence-electron chi connectivity index (χ4n) is 5.09. The Kier molecular flexibility index (Phi) is 5.58. The summed E-state index contributed by atoms with van der Waals surface area (Å²) in [5.41, 5.74) is 4.77. The maximum Gasteiger partial charge on any atom is 0.181 e. The van der Waals surface area contributed by atoms with Crippen LogP contribution in [0.15, 0.2) is 54.7 Å². The van der Waals surface area contributed by atoms with E-state index in [1.165, 1.54) is 24.1 Å². The van der Waals surface area contributed by atoms with Crippen molar-refractivity contribution in [2.24, 2.45) is 11.8 Å². The minimum atomic E-state index is 0.131. The summed E-state index contributed by atoms with van der Waals surface area (Å²) in [7, 11) is 0. The molecular formula is C26H28ClN3O. The number of fused-ring (bicyclic) bond motifs is 2. The molecule has 5 rings (SSSR count). The van der Waals surface area contributed by atoms with Crippen molar-refractivity contribution in [1.29, 1.82) is 0 Å². The molecule has 1 aliphatic heterocycles. The molecule has 2 aliphatic rings. The van der Waals surface area contributed by atoms with Crippen LogP contribution in [0.3, 0.4) is 0 Å². The zero-order valence-corrected chi connectivity index (χ0v) is 18.7. The Morgan fingerprint density at radius 3 is 2.48 bits per heavy atom. The molecule has 31 heavy (non-hydrogen) atoms. The Hall–Kier alpha value is -2.59. The number of Topliss-reactive ketones (excluding diaryl/α,β-unsaturated/α-hetero) is 1. The summed E-state index contributed by atoms with van der Waals surface area (Å²) < 4.78 is 1.87. The molecule has 3 heterocycles. The third-order valence-electron chi connectivity index (χ3n) is 6.82. The molecule has 0 saturated carbocycles. The number of carbonyl (C=O) groups is 1. The summed E-state index contributed by atoms with van der Waals surface area (Å²) in [6.07, 6.45) is 10.9. The highest BCUT2D eigenvalue weighted by Gasteiger charge is 2.32. The zero-order valence-electron chi connectivity index (χ0n) is 17.9. The number of hydrogen-bond donors (Lipinski definition) is 0. The molecule has 5 heteroatoms. The number of imidazole rings is 1. The van der Waals surface area contributed by atoms with Gasteiger partial charge in [0.15, 0.2) is 5.78 Å². The average molecular weight is 434 g/mol. The second-order valence-electron chi connectivity index (χ2n) is 8.79. The Morgan fingerprint density at radius 1 is 1.10 bits per heavy atom. The number of ketones is 1. The van der Waals surface area contributed by atoms with Crippen molar-refractivity contribution in [2.75, 3.05) is 18.0 Å². The Balaban J connectivity index is 1.25. The van der Waals surface area contributed by atoms with Crippen molar-refractivity contribution in [1.82, 2.24) is 9.38 Å². The topological polar surface area (TPSA) is 37.6 Å². The van der Waals surface area contributed by atoms with Gasteiger partial charge in [0.2, 0.25) is 0 Å². The van der Waals surface area contributed by atoms with Crippen LogP contribution in [0.4, 0.5) is 5.69 Å². The van der Waals surface area contributed by atoms with Gasteiger partial charge in [-0.15, -0.1) is 0 Å². The van der Waals surface area contributed by atoms with Crippen molar-refractivity contribution in [3.8, 4) is 0 Å². The van der Waals surface area contributed by atoms with Crippen LogP contribution >= 0.6 is 11.6 Å². The summed E-state index contributed by atoms with van der Waals surface area (Å²) in [5, 5.41) is 0.632. The summed E-state index contributed by atoms with van der Waals surface area (Å²) in [4.78, 5) is 20.2. The number of rotatable bonds is 6. The lowest BCUT2D eigenvalue weighted by Gasteiger charge is -2.19. The lowest BCUT2D eigenvalue weighted by atomic mass is 9.86.